The number of hydrogen-bond acceptors (Lipinski definition) is 6. The molecule has 1 fully saturated rings. The number of pyridine rings is 2. The fourth-order valence-corrected chi connectivity index (χ4v) is 5.83. The number of thiophene rings is 1. The van der Waals surface area contributed by atoms with Crippen molar-refractivity contribution in [2.24, 2.45) is 0 Å². The average Bonchev–Trinajstić information content (AvgIpc) is 3.32. The average molecular weight is 445 g/mol. The molecule has 0 atom stereocenters. The van der Waals surface area contributed by atoms with E-state index in [2.05, 4.69) is 20.8 Å². The van der Waals surface area contributed by atoms with Gasteiger partial charge in [-0.25, -0.2) is 13.1 Å². The molecular formula is C21H24N4O3S2. The second-order valence-corrected chi connectivity index (χ2v) is 10.3. The molecule has 158 valence electrons. The minimum Gasteiger partial charge on any atom is -0.343 e. The van der Waals surface area contributed by atoms with Crippen LogP contribution in [0, 0.1) is 0 Å². The van der Waals surface area contributed by atoms with Crippen molar-refractivity contribution >= 4 is 38.2 Å². The summed E-state index contributed by atoms with van der Waals surface area (Å²) in [7, 11) is -3.46. The fraction of sp³-hybridized carbons (Fsp3) is 0.381. The van der Waals surface area contributed by atoms with Crippen LogP contribution in [0.2, 0.25) is 0 Å². The van der Waals surface area contributed by atoms with Crippen LogP contribution in [-0.4, -0.2) is 48.8 Å². The van der Waals surface area contributed by atoms with E-state index in [-0.39, 0.29) is 12.5 Å². The molecule has 9 heteroatoms. The van der Waals surface area contributed by atoms with Gasteiger partial charge in [-0.2, -0.15) is 0 Å². The summed E-state index contributed by atoms with van der Waals surface area (Å²) in [6.45, 7) is 1.66. The summed E-state index contributed by atoms with van der Waals surface area (Å²) in [6.07, 6.45) is 6.24. The first-order chi connectivity index (χ1) is 14.5. The number of aromatic nitrogens is 2. The van der Waals surface area contributed by atoms with Crippen LogP contribution in [0.3, 0.4) is 0 Å². The lowest BCUT2D eigenvalue weighted by atomic mass is 9.92. The van der Waals surface area contributed by atoms with Crippen molar-refractivity contribution in [2.75, 3.05) is 19.6 Å². The van der Waals surface area contributed by atoms with Crippen molar-refractivity contribution in [1.82, 2.24) is 19.6 Å². The molecule has 0 aliphatic carbocycles. The van der Waals surface area contributed by atoms with Crippen LogP contribution in [0.4, 0.5) is 0 Å². The summed E-state index contributed by atoms with van der Waals surface area (Å²) >= 11 is 1.18. The summed E-state index contributed by atoms with van der Waals surface area (Å²) in [5.74, 6) is 0.412. The monoisotopic (exact) mass is 444 g/mol. The Morgan fingerprint density at radius 1 is 1.20 bits per heavy atom. The predicted molar refractivity (Wildman–Crippen MR) is 117 cm³/mol. The van der Waals surface area contributed by atoms with Crippen LogP contribution < -0.4 is 4.72 Å². The van der Waals surface area contributed by atoms with Crippen LogP contribution in [0.15, 0.2) is 52.3 Å². The van der Waals surface area contributed by atoms with E-state index in [1.807, 2.05) is 23.2 Å². The number of nitrogens with one attached hydrogen (secondary N) is 1. The zero-order chi connectivity index (χ0) is 21.0. The second kappa shape index (κ2) is 9.20. The van der Waals surface area contributed by atoms with Crippen LogP contribution in [0.25, 0.3) is 10.9 Å². The number of sulfonamides is 1. The highest BCUT2D eigenvalue weighted by molar-refractivity contribution is 7.91. The number of piperidine rings is 1. The van der Waals surface area contributed by atoms with Crippen LogP contribution in [-0.2, 0) is 14.8 Å². The van der Waals surface area contributed by atoms with Gasteiger partial charge in [0.1, 0.15) is 4.21 Å². The number of nitrogens with zero attached hydrogens (tertiary/aromatic N) is 3. The first-order valence-electron chi connectivity index (χ1n) is 10.0. The summed E-state index contributed by atoms with van der Waals surface area (Å²) in [5.41, 5.74) is 1.99. The third kappa shape index (κ3) is 4.85. The van der Waals surface area contributed by atoms with Crippen molar-refractivity contribution in [1.29, 1.82) is 0 Å². The number of carbonyl (C=O) groups excluding carboxylic acids is 1. The quantitative estimate of drug-likeness (QED) is 0.565. The molecule has 7 nitrogen and oxygen atoms in total. The zero-order valence-electron chi connectivity index (χ0n) is 16.5. The van der Waals surface area contributed by atoms with Gasteiger partial charge in [-0.05, 0) is 48.9 Å². The molecule has 0 radical (unpaired) electrons. The standard InChI is InChI=1S/C21H24N4O3S2/c26-20(5-2-10-24-30(27,28)21-6-3-13-29-21)25-11-7-16(8-12-25)18-14-19-17(15-23-18)4-1-9-22-19/h1,3-4,6,9,13-16,24H,2,5,7-8,10-12H2. The molecule has 1 N–H and O–H groups in total. The highest BCUT2D eigenvalue weighted by Crippen LogP contribution is 2.28. The highest BCUT2D eigenvalue weighted by atomic mass is 32.2. The normalized spacial score (nSPS) is 15.5. The topological polar surface area (TPSA) is 92.3 Å². The van der Waals surface area contributed by atoms with Crippen LogP contribution >= 0.6 is 11.3 Å². The number of carbonyl (C=O) groups is 1. The number of rotatable bonds is 7. The number of fused-ring (bicyclic) bond motifs is 1. The molecule has 0 spiro atoms. The predicted octanol–water partition coefficient (Wildman–Crippen LogP) is 3.16. The zero-order valence-corrected chi connectivity index (χ0v) is 18.2. The van der Waals surface area contributed by atoms with E-state index in [1.165, 1.54) is 11.3 Å². The van der Waals surface area contributed by atoms with Gasteiger partial charge < -0.3 is 4.90 Å². The number of likely N-dealkylation sites (tertiary alicyclic amines) is 1. The van der Waals surface area contributed by atoms with Crippen molar-refractivity contribution < 1.29 is 13.2 Å². The van der Waals surface area contributed by atoms with Gasteiger partial charge in [0.05, 0.1) is 5.52 Å². The van der Waals surface area contributed by atoms with E-state index in [1.54, 1.807) is 23.7 Å². The summed E-state index contributed by atoms with van der Waals surface area (Å²) in [5, 5.41) is 2.76. The van der Waals surface area contributed by atoms with E-state index >= 15 is 0 Å². The molecule has 1 aliphatic rings. The minimum atomic E-state index is -3.46. The van der Waals surface area contributed by atoms with Gasteiger partial charge in [0.15, 0.2) is 0 Å². The maximum absolute atomic E-state index is 12.5. The SMILES string of the molecule is O=C(CCCNS(=O)(=O)c1cccs1)N1CCC(c2cc3ncccc3cn2)CC1. The molecule has 1 amide bonds. The molecule has 0 aromatic carbocycles. The largest absolute Gasteiger partial charge is 0.343 e. The molecule has 1 saturated heterocycles. The van der Waals surface area contributed by atoms with Gasteiger partial charge in [-0.15, -0.1) is 11.3 Å². The Morgan fingerprint density at radius 3 is 2.80 bits per heavy atom. The third-order valence-corrected chi connectivity index (χ3v) is 8.25. The molecule has 30 heavy (non-hydrogen) atoms. The molecule has 3 aromatic heterocycles. The van der Waals surface area contributed by atoms with Gasteiger partial charge >= 0.3 is 0 Å². The van der Waals surface area contributed by atoms with Crippen LogP contribution in [0.5, 0.6) is 0 Å². The lowest BCUT2D eigenvalue weighted by Crippen LogP contribution is -2.38. The smallest absolute Gasteiger partial charge is 0.250 e. The third-order valence-electron chi connectivity index (χ3n) is 5.39. The van der Waals surface area contributed by atoms with Gasteiger partial charge in [-0.1, -0.05) is 6.07 Å². The van der Waals surface area contributed by atoms with Gasteiger partial charge in [-0.3, -0.25) is 14.8 Å². The first-order valence-corrected chi connectivity index (χ1v) is 12.4. The Bertz CT molecular complexity index is 1110. The fourth-order valence-electron chi connectivity index (χ4n) is 3.72. The number of hydrogen-bond donors (Lipinski definition) is 1. The molecule has 0 bridgehead atoms. The lowest BCUT2D eigenvalue weighted by molar-refractivity contribution is -0.132. The Morgan fingerprint density at radius 2 is 2.03 bits per heavy atom. The van der Waals surface area contributed by atoms with Gasteiger partial charge in [0, 0.05) is 55.4 Å². The van der Waals surface area contributed by atoms with E-state index < -0.39 is 10.0 Å². The second-order valence-electron chi connectivity index (χ2n) is 7.39. The maximum Gasteiger partial charge on any atom is 0.250 e. The first kappa shape index (κ1) is 20.9. The van der Waals surface area contributed by atoms with E-state index in [0.717, 1.165) is 29.4 Å². The van der Waals surface area contributed by atoms with Crippen molar-refractivity contribution in [3.63, 3.8) is 0 Å². The Kier molecular flexibility index (Phi) is 6.40. The van der Waals surface area contributed by atoms with Crippen LogP contribution in [0.1, 0.15) is 37.3 Å². The Hall–Kier alpha value is -2.36. The number of amides is 1. The lowest BCUT2D eigenvalue weighted by Gasteiger charge is -2.32. The molecular weight excluding hydrogens is 420 g/mol. The van der Waals surface area contributed by atoms with Crippen molar-refractivity contribution in [2.45, 2.75) is 35.8 Å². The molecule has 0 unspecified atom stereocenters. The molecule has 0 saturated carbocycles. The Balaban J connectivity index is 1.23. The van der Waals surface area contributed by atoms with Crippen molar-refractivity contribution in [3.8, 4) is 0 Å². The molecule has 4 heterocycles. The van der Waals surface area contributed by atoms with E-state index in [4.69, 9.17) is 0 Å². The highest BCUT2D eigenvalue weighted by Gasteiger charge is 2.24. The molecule has 1 aliphatic heterocycles. The summed E-state index contributed by atoms with van der Waals surface area (Å²) in [4.78, 5) is 23.4. The summed E-state index contributed by atoms with van der Waals surface area (Å²) in [6, 6.07) is 9.23. The molecule has 3 aromatic rings. The van der Waals surface area contributed by atoms with E-state index in [9.17, 15) is 13.2 Å². The van der Waals surface area contributed by atoms with E-state index in [0.29, 0.717) is 36.1 Å². The van der Waals surface area contributed by atoms with Gasteiger partial charge in [0.25, 0.3) is 0 Å². The minimum absolute atomic E-state index is 0.0805. The Labute approximate surface area is 180 Å². The van der Waals surface area contributed by atoms with Gasteiger partial charge in [0.2, 0.25) is 15.9 Å². The van der Waals surface area contributed by atoms with Crippen molar-refractivity contribution in [3.05, 3.63) is 53.8 Å². The maximum atomic E-state index is 12.5. The molecule has 4 rings (SSSR count). The summed E-state index contributed by atoms with van der Waals surface area (Å²) < 4.78 is 27.0.